The zero-order valence-electron chi connectivity index (χ0n) is 11.6. The molecule has 0 saturated carbocycles. The van der Waals surface area contributed by atoms with Crippen molar-refractivity contribution in [3.63, 3.8) is 0 Å². The van der Waals surface area contributed by atoms with Gasteiger partial charge in [0.1, 0.15) is 0 Å². The fourth-order valence-electron chi connectivity index (χ4n) is 1.38. The van der Waals surface area contributed by atoms with Crippen molar-refractivity contribution < 1.29 is 48.7 Å². The van der Waals surface area contributed by atoms with E-state index in [-0.39, 0.29) is 0 Å². The van der Waals surface area contributed by atoms with E-state index in [9.17, 15) is 48.7 Å². The molecule has 0 radical (unpaired) electrons. The number of anilines is 1. The standard InChI is InChI=1S/C12H7F10NOS/c13-9(14,15)6-2-1-3-7(4-6)23-8(24)5-25-12(21,22)10(16,17)11(18,19)20/h1-4H,5H2,(H,23,24). The van der Waals surface area contributed by atoms with Crippen LogP contribution in [-0.2, 0) is 11.0 Å². The van der Waals surface area contributed by atoms with Gasteiger partial charge in [-0.05, 0) is 18.2 Å². The predicted molar refractivity (Wildman–Crippen MR) is 68.5 cm³/mol. The molecule has 0 fully saturated rings. The maximum Gasteiger partial charge on any atom is 0.460 e. The van der Waals surface area contributed by atoms with Crippen molar-refractivity contribution in [2.45, 2.75) is 23.5 Å². The molecule has 13 heteroatoms. The number of thioether (sulfide) groups is 1. The van der Waals surface area contributed by atoms with E-state index in [1.165, 1.54) is 0 Å². The zero-order chi connectivity index (χ0) is 19.7. The SMILES string of the molecule is O=C(CSC(F)(F)C(F)(F)C(F)(F)F)Nc1cccc(C(F)(F)F)c1. The topological polar surface area (TPSA) is 29.1 Å². The van der Waals surface area contributed by atoms with Crippen LogP contribution in [0.1, 0.15) is 5.56 Å². The van der Waals surface area contributed by atoms with Crippen LogP contribution in [0.3, 0.4) is 0 Å². The molecule has 1 amide bonds. The Hall–Kier alpha value is -1.66. The summed E-state index contributed by atoms with van der Waals surface area (Å²) in [5, 5.41) is -3.94. The molecule has 0 heterocycles. The lowest BCUT2D eigenvalue weighted by molar-refractivity contribution is -0.330. The number of hydrogen-bond donors (Lipinski definition) is 1. The van der Waals surface area contributed by atoms with Gasteiger partial charge in [0.25, 0.3) is 0 Å². The monoisotopic (exact) mass is 403 g/mol. The third-order valence-corrected chi connectivity index (χ3v) is 3.61. The molecule has 2 nitrogen and oxygen atoms in total. The number of halogens is 10. The van der Waals surface area contributed by atoms with Crippen LogP contribution in [0.25, 0.3) is 0 Å². The van der Waals surface area contributed by atoms with E-state index in [0.29, 0.717) is 12.1 Å². The van der Waals surface area contributed by atoms with Crippen molar-refractivity contribution in [1.29, 1.82) is 0 Å². The van der Waals surface area contributed by atoms with Gasteiger partial charge in [-0.25, -0.2) is 0 Å². The maximum absolute atomic E-state index is 13.0. The number of carbonyl (C=O) groups excluding carboxylic acids is 1. The van der Waals surface area contributed by atoms with E-state index in [4.69, 9.17) is 0 Å². The lowest BCUT2D eigenvalue weighted by atomic mass is 10.2. The predicted octanol–water partition coefficient (Wildman–Crippen LogP) is 5.17. The van der Waals surface area contributed by atoms with E-state index in [0.717, 1.165) is 12.1 Å². The third-order valence-electron chi connectivity index (χ3n) is 2.58. The Morgan fingerprint density at radius 1 is 0.960 bits per heavy atom. The molecule has 0 unspecified atom stereocenters. The summed E-state index contributed by atoms with van der Waals surface area (Å²) in [7, 11) is 0. The summed E-state index contributed by atoms with van der Waals surface area (Å²) in [4.78, 5) is 11.3. The van der Waals surface area contributed by atoms with E-state index in [2.05, 4.69) is 0 Å². The van der Waals surface area contributed by atoms with E-state index < -0.39 is 58.2 Å². The smallest absolute Gasteiger partial charge is 0.325 e. The first-order chi connectivity index (χ1) is 11.1. The molecule has 1 N–H and O–H groups in total. The van der Waals surface area contributed by atoms with Gasteiger partial charge in [0.15, 0.2) is 0 Å². The van der Waals surface area contributed by atoms with Gasteiger partial charge < -0.3 is 5.32 Å². The van der Waals surface area contributed by atoms with Crippen LogP contribution < -0.4 is 5.32 Å². The summed E-state index contributed by atoms with van der Waals surface area (Å²) >= 11 is -1.29. The second kappa shape index (κ2) is 6.92. The van der Waals surface area contributed by atoms with Crippen molar-refractivity contribution in [2.24, 2.45) is 0 Å². The molecule has 142 valence electrons. The van der Waals surface area contributed by atoms with E-state index >= 15 is 0 Å². The summed E-state index contributed by atoms with van der Waals surface area (Å²) in [5.41, 5.74) is -1.68. The van der Waals surface area contributed by atoms with Crippen LogP contribution in [0.15, 0.2) is 24.3 Å². The van der Waals surface area contributed by atoms with Crippen LogP contribution in [0.2, 0.25) is 0 Å². The summed E-state index contributed by atoms with van der Waals surface area (Å²) in [6, 6.07) is 2.89. The van der Waals surface area contributed by atoms with Gasteiger partial charge in [-0.1, -0.05) is 17.8 Å². The van der Waals surface area contributed by atoms with Crippen LogP contribution >= 0.6 is 11.8 Å². The van der Waals surface area contributed by atoms with Crippen molar-refractivity contribution in [3.8, 4) is 0 Å². The molecule has 0 spiro atoms. The average molecular weight is 403 g/mol. The van der Waals surface area contributed by atoms with Crippen LogP contribution in [0, 0.1) is 0 Å². The highest BCUT2D eigenvalue weighted by molar-refractivity contribution is 8.01. The van der Waals surface area contributed by atoms with Gasteiger partial charge >= 0.3 is 23.5 Å². The normalized spacial score (nSPS) is 13.7. The lowest BCUT2D eigenvalue weighted by Crippen LogP contribution is -2.50. The molecule has 1 aromatic rings. The fourth-order valence-corrected chi connectivity index (χ4v) is 2.06. The van der Waals surface area contributed by atoms with Crippen molar-refractivity contribution in [2.75, 3.05) is 11.1 Å². The van der Waals surface area contributed by atoms with Crippen LogP contribution in [0.5, 0.6) is 0 Å². The highest BCUT2D eigenvalue weighted by Crippen LogP contribution is 2.51. The largest absolute Gasteiger partial charge is 0.460 e. The Balaban J connectivity index is 2.76. The highest BCUT2D eigenvalue weighted by Gasteiger charge is 2.73. The molecular weight excluding hydrogens is 396 g/mol. The molecular formula is C12H7F10NOS. The minimum absolute atomic E-state index is 0.436. The summed E-state index contributed by atoms with van der Waals surface area (Å²) in [6.45, 7) is 0. The van der Waals surface area contributed by atoms with E-state index in [1.54, 1.807) is 5.32 Å². The molecule has 0 saturated heterocycles. The second-order valence-corrected chi connectivity index (χ2v) is 5.59. The molecule has 1 aromatic carbocycles. The van der Waals surface area contributed by atoms with Gasteiger partial charge in [0, 0.05) is 5.69 Å². The molecule has 0 aliphatic heterocycles. The molecule has 0 aliphatic carbocycles. The minimum Gasteiger partial charge on any atom is -0.325 e. The Kier molecular flexibility index (Phi) is 5.92. The minimum atomic E-state index is -6.54. The van der Waals surface area contributed by atoms with Gasteiger partial charge in [-0.15, -0.1) is 0 Å². The second-order valence-electron chi connectivity index (χ2n) is 4.50. The molecule has 0 atom stereocenters. The van der Waals surface area contributed by atoms with Gasteiger partial charge in [0.2, 0.25) is 5.91 Å². The third kappa shape index (κ3) is 5.16. The Labute approximate surface area is 137 Å². The number of hydrogen-bond acceptors (Lipinski definition) is 2. The number of nitrogens with one attached hydrogen (secondary N) is 1. The molecule has 1 rings (SSSR count). The van der Waals surface area contributed by atoms with Crippen molar-refractivity contribution >= 4 is 23.4 Å². The molecule has 0 bridgehead atoms. The highest BCUT2D eigenvalue weighted by atomic mass is 32.2. The number of amides is 1. The van der Waals surface area contributed by atoms with E-state index in [1.807, 2.05) is 0 Å². The number of rotatable bonds is 5. The van der Waals surface area contributed by atoms with Gasteiger partial charge in [0.05, 0.1) is 11.3 Å². The van der Waals surface area contributed by atoms with Crippen molar-refractivity contribution in [1.82, 2.24) is 0 Å². The number of carbonyl (C=O) groups is 1. The first-order valence-corrected chi connectivity index (χ1v) is 7.00. The first kappa shape index (κ1) is 21.4. The molecule has 0 aliphatic rings. The van der Waals surface area contributed by atoms with Gasteiger partial charge in [-0.3, -0.25) is 4.79 Å². The average Bonchev–Trinajstić information content (AvgIpc) is 2.43. The van der Waals surface area contributed by atoms with Crippen LogP contribution in [-0.4, -0.2) is 29.0 Å². The first-order valence-electron chi connectivity index (χ1n) is 6.01. The Bertz CT molecular complexity index is 625. The van der Waals surface area contributed by atoms with Crippen molar-refractivity contribution in [3.05, 3.63) is 29.8 Å². The fraction of sp³-hybridized carbons (Fsp3) is 0.417. The summed E-state index contributed by atoms with van der Waals surface area (Å²) in [5.74, 6) is -9.42. The Morgan fingerprint density at radius 2 is 1.52 bits per heavy atom. The molecule has 25 heavy (non-hydrogen) atoms. The summed E-state index contributed by atoms with van der Waals surface area (Å²) in [6.07, 6.45) is -11.3. The Morgan fingerprint density at radius 3 is 2.00 bits per heavy atom. The lowest BCUT2D eigenvalue weighted by Gasteiger charge is -2.27. The molecule has 0 aromatic heterocycles. The van der Waals surface area contributed by atoms with Gasteiger partial charge in [-0.2, -0.15) is 43.9 Å². The number of alkyl halides is 10. The number of benzene rings is 1. The zero-order valence-corrected chi connectivity index (χ0v) is 12.4. The summed E-state index contributed by atoms with van der Waals surface area (Å²) < 4.78 is 124. The quantitative estimate of drug-likeness (QED) is 0.688. The van der Waals surface area contributed by atoms with Crippen LogP contribution in [0.4, 0.5) is 49.6 Å². The maximum atomic E-state index is 13.0.